The molecule has 26 heavy (non-hydrogen) atoms. The number of ether oxygens (including phenoxy) is 1. The SMILES string of the molecule is O=C(O)c1ccc(N2CCCN(C(=O)OCc3ccccc3)CC2)cc1. The zero-order valence-corrected chi connectivity index (χ0v) is 14.5. The molecule has 3 rings (SSSR count). The summed E-state index contributed by atoms with van der Waals surface area (Å²) < 4.78 is 5.41. The van der Waals surface area contributed by atoms with Crippen molar-refractivity contribution in [3.63, 3.8) is 0 Å². The van der Waals surface area contributed by atoms with Crippen LogP contribution in [0.1, 0.15) is 22.3 Å². The van der Waals surface area contributed by atoms with Gasteiger partial charge in [0.15, 0.2) is 0 Å². The Morgan fingerprint density at radius 2 is 1.65 bits per heavy atom. The van der Waals surface area contributed by atoms with Crippen LogP contribution in [0.25, 0.3) is 0 Å². The standard InChI is InChI=1S/C20H22N2O4/c23-19(24)17-7-9-18(10-8-17)21-11-4-12-22(14-13-21)20(25)26-15-16-5-2-1-3-6-16/h1-3,5-10H,4,11-15H2,(H,23,24). The topological polar surface area (TPSA) is 70.1 Å². The quantitative estimate of drug-likeness (QED) is 0.913. The summed E-state index contributed by atoms with van der Waals surface area (Å²) in [7, 11) is 0. The van der Waals surface area contributed by atoms with Crippen LogP contribution in [0, 0.1) is 0 Å². The van der Waals surface area contributed by atoms with Crippen LogP contribution in [0.15, 0.2) is 54.6 Å². The van der Waals surface area contributed by atoms with Gasteiger partial charge >= 0.3 is 12.1 Å². The van der Waals surface area contributed by atoms with Crippen LogP contribution in [0.5, 0.6) is 0 Å². The van der Waals surface area contributed by atoms with Gasteiger partial charge in [-0.2, -0.15) is 0 Å². The lowest BCUT2D eigenvalue weighted by atomic mass is 10.2. The fraction of sp³-hybridized carbons (Fsp3) is 0.300. The Hall–Kier alpha value is -3.02. The third-order valence-corrected chi connectivity index (χ3v) is 4.44. The van der Waals surface area contributed by atoms with Gasteiger partial charge in [0, 0.05) is 31.9 Å². The average Bonchev–Trinajstić information content (AvgIpc) is 2.93. The van der Waals surface area contributed by atoms with E-state index in [1.807, 2.05) is 42.5 Å². The zero-order valence-electron chi connectivity index (χ0n) is 14.5. The molecule has 1 aliphatic heterocycles. The Kier molecular flexibility index (Phi) is 5.73. The fourth-order valence-electron chi connectivity index (χ4n) is 2.98. The van der Waals surface area contributed by atoms with Crippen molar-refractivity contribution in [1.82, 2.24) is 4.90 Å². The van der Waals surface area contributed by atoms with Gasteiger partial charge in [-0.15, -0.1) is 0 Å². The zero-order chi connectivity index (χ0) is 18.4. The molecule has 1 heterocycles. The van der Waals surface area contributed by atoms with Crippen LogP contribution in [0.2, 0.25) is 0 Å². The Morgan fingerprint density at radius 3 is 2.35 bits per heavy atom. The molecule has 136 valence electrons. The molecule has 0 bridgehead atoms. The summed E-state index contributed by atoms with van der Waals surface area (Å²) in [5, 5.41) is 8.99. The first-order valence-corrected chi connectivity index (χ1v) is 8.67. The molecule has 1 amide bonds. The number of benzene rings is 2. The molecule has 1 saturated heterocycles. The van der Waals surface area contributed by atoms with E-state index in [0.717, 1.165) is 24.2 Å². The summed E-state index contributed by atoms with van der Waals surface area (Å²) in [5.74, 6) is -0.931. The molecular weight excluding hydrogens is 332 g/mol. The first kappa shape index (κ1) is 17.8. The van der Waals surface area contributed by atoms with Crippen molar-refractivity contribution < 1.29 is 19.4 Å². The third-order valence-electron chi connectivity index (χ3n) is 4.44. The van der Waals surface area contributed by atoms with Crippen molar-refractivity contribution in [3.05, 3.63) is 65.7 Å². The Balaban J connectivity index is 1.54. The molecule has 6 heteroatoms. The van der Waals surface area contributed by atoms with E-state index in [1.165, 1.54) is 0 Å². The number of hydrogen-bond acceptors (Lipinski definition) is 4. The molecule has 1 N–H and O–H groups in total. The second-order valence-electron chi connectivity index (χ2n) is 6.22. The van der Waals surface area contributed by atoms with E-state index >= 15 is 0 Å². The lowest BCUT2D eigenvalue weighted by Crippen LogP contribution is -2.35. The molecule has 0 atom stereocenters. The molecule has 0 unspecified atom stereocenters. The summed E-state index contributed by atoms with van der Waals surface area (Å²) in [4.78, 5) is 27.2. The monoisotopic (exact) mass is 354 g/mol. The molecule has 2 aromatic carbocycles. The number of carbonyl (C=O) groups is 2. The number of nitrogens with zero attached hydrogens (tertiary/aromatic N) is 2. The van der Waals surface area contributed by atoms with Crippen LogP contribution < -0.4 is 4.90 Å². The highest BCUT2D eigenvalue weighted by molar-refractivity contribution is 5.88. The van der Waals surface area contributed by atoms with Crippen LogP contribution in [-0.2, 0) is 11.3 Å². The van der Waals surface area contributed by atoms with Crippen LogP contribution in [0.3, 0.4) is 0 Å². The summed E-state index contributed by atoms with van der Waals surface area (Å²) in [5.41, 5.74) is 2.21. The van der Waals surface area contributed by atoms with Gasteiger partial charge in [-0.3, -0.25) is 0 Å². The van der Waals surface area contributed by atoms with Crippen LogP contribution in [-0.4, -0.2) is 48.2 Å². The van der Waals surface area contributed by atoms with Crippen molar-refractivity contribution in [3.8, 4) is 0 Å². The van der Waals surface area contributed by atoms with Gasteiger partial charge in [-0.1, -0.05) is 30.3 Å². The highest BCUT2D eigenvalue weighted by atomic mass is 16.6. The predicted octanol–water partition coefficient (Wildman–Crippen LogP) is 3.23. The molecular formula is C20H22N2O4. The normalized spacial score (nSPS) is 14.6. The van der Waals surface area contributed by atoms with Crippen molar-refractivity contribution in [2.75, 3.05) is 31.1 Å². The van der Waals surface area contributed by atoms with Crippen LogP contribution in [0.4, 0.5) is 10.5 Å². The van der Waals surface area contributed by atoms with Gasteiger partial charge < -0.3 is 19.6 Å². The number of carboxylic acid groups (broad SMARTS) is 1. The van der Waals surface area contributed by atoms with Gasteiger partial charge in [0.1, 0.15) is 6.61 Å². The second kappa shape index (κ2) is 8.38. The maximum atomic E-state index is 12.3. The molecule has 0 radical (unpaired) electrons. The summed E-state index contributed by atoms with van der Waals surface area (Å²) >= 11 is 0. The van der Waals surface area contributed by atoms with Crippen molar-refractivity contribution >= 4 is 17.7 Å². The minimum Gasteiger partial charge on any atom is -0.478 e. The van der Waals surface area contributed by atoms with Gasteiger partial charge in [0.2, 0.25) is 0 Å². The van der Waals surface area contributed by atoms with E-state index in [9.17, 15) is 9.59 Å². The molecule has 0 spiro atoms. The van der Waals surface area contributed by atoms with Gasteiger partial charge in [-0.25, -0.2) is 9.59 Å². The predicted molar refractivity (Wildman–Crippen MR) is 98.4 cm³/mol. The highest BCUT2D eigenvalue weighted by Crippen LogP contribution is 2.18. The lowest BCUT2D eigenvalue weighted by molar-refractivity contribution is 0.0696. The Bertz CT molecular complexity index is 746. The molecule has 1 aliphatic rings. The second-order valence-corrected chi connectivity index (χ2v) is 6.22. The van der Waals surface area contributed by atoms with Gasteiger partial charge in [0.05, 0.1) is 5.56 Å². The maximum absolute atomic E-state index is 12.3. The maximum Gasteiger partial charge on any atom is 0.410 e. The number of aromatic carboxylic acids is 1. The van der Waals surface area contributed by atoms with Gasteiger partial charge in [0.25, 0.3) is 0 Å². The third kappa shape index (κ3) is 4.53. The largest absolute Gasteiger partial charge is 0.478 e. The Labute approximate surface area is 152 Å². The van der Waals surface area contributed by atoms with E-state index < -0.39 is 5.97 Å². The molecule has 0 aromatic heterocycles. The molecule has 1 fully saturated rings. The first-order chi connectivity index (χ1) is 12.6. The summed E-state index contributed by atoms with van der Waals surface area (Å²) in [6.07, 6.45) is 0.540. The number of amides is 1. The van der Waals surface area contributed by atoms with Crippen LogP contribution >= 0.6 is 0 Å². The number of anilines is 1. The van der Waals surface area contributed by atoms with E-state index in [2.05, 4.69) is 4.90 Å². The van der Waals surface area contributed by atoms with Crippen molar-refractivity contribution in [1.29, 1.82) is 0 Å². The summed E-state index contributed by atoms with van der Waals surface area (Å²) in [6.45, 7) is 3.00. The van der Waals surface area contributed by atoms with Crippen molar-refractivity contribution in [2.45, 2.75) is 13.0 Å². The van der Waals surface area contributed by atoms with E-state index in [0.29, 0.717) is 19.6 Å². The fourth-order valence-corrected chi connectivity index (χ4v) is 2.98. The minimum absolute atomic E-state index is 0.273. The molecule has 0 aliphatic carbocycles. The number of rotatable bonds is 4. The smallest absolute Gasteiger partial charge is 0.410 e. The van der Waals surface area contributed by atoms with Gasteiger partial charge in [-0.05, 0) is 36.2 Å². The highest BCUT2D eigenvalue weighted by Gasteiger charge is 2.20. The molecule has 6 nitrogen and oxygen atoms in total. The van der Waals surface area contributed by atoms with Crippen molar-refractivity contribution in [2.24, 2.45) is 0 Å². The van der Waals surface area contributed by atoms with E-state index in [1.54, 1.807) is 17.0 Å². The summed E-state index contributed by atoms with van der Waals surface area (Å²) in [6, 6.07) is 16.5. The molecule has 2 aromatic rings. The van der Waals surface area contributed by atoms with E-state index in [-0.39, 0.29) is 18.3 Å². The first-order valence-electron chi connectivity index (χ1n) is 8.67. The number of hydrogen-bond donors (Lipinski definition) is 1. The minimum atomic E-state index is -0.931. The lowest BCUT2D eigenvalue weighted by Gasteiger charge is -2.23. The number of carboxylic acids is 1. The number of carbonyl (C=O) groups excluding carboxylic acids is 1. The average molecular weight is 354 g/mol. The Morgan fingerprint density at radius 1 is 0.923 bits per heavy atom. The van der Waals surface area contributed by atoms with E-state index in [4.69, 9.17) is 9.84 Å². The molecule has 0 saturated carbocycles.